The summed E-state index contributed by atoms with van der Waals surface area (Å²) in [5.41, 5.74) is -0.435. The number of ether oxygens (including phenoxy) is 1. The van der Waals surface area contributed by atoms with Crippen molar-refractivity contribution in [2.24, 2.45) is 0 Å². The fraction of sp³-hybridized carbons (Fsp3) is 0.111. The van der Waals surface area contributed by atoms with E-state index in [4.69, 9.17) is 16.3 Å². The second kappa shape index (κ2) is 7.71. The van der Waals surface area contributed by atoms with Crippen molar-refractivity contribution in [2.75, 3.05) is 17.7 Å². The summed E-state index contributed by atoms with van der Waals surface area (Å²) in [4.78, 5) is 8.17. The van der Waals surface area contributed by atoms with Gasteiger partial charge in [-0.25, -0.2) is 4.98 Å². The van der Waals surface area contributed by atoms with Crippen LogP contribution in [0.4, 0.5) is 36.3 Å². The molecular weight excluding hydrogens is 381 g/mol. The van der Waals surface area contributed by atoms with E-state index in [1.807, 2.05) is 12.1 Å². The van der Waals surface area contributed by atoms with E-state index in [0.29, 0.717) is 17.3 Å². The number of alkyl halides is 3. The molecule has 0 aliphatic carbocycles. The fourth-order valence-electron chi connectivity index (χ4n) is 2.35. The first-order valence-electron chi connectivity index (χ1n) is 7.73. The molecule has 0 saturated carbocycles. The lowest BCUT2D eigenvalue weighted by atomic mass is 10.1. The predicted molar refractivity (Wildman–Crippen MR) is 98.0 cm³/mol. The summed E-state index contributed by atoms with van der Waals surface area (Å²) in [6, 6.07) is 12.2. The third kappa shape index (κ3) is 4.59. The molecule has 0 fully saturated rings. The van der Waals surface area contributed by atoms with E-state index in [0.717, 1.165) is 6.07 Å². The Bertz CT molecular complexity index is 950. The molecule has 0 unspecified atom stereocenters. The highest BCUT2D eigenvalue weighted by molar-refractivity contribution is 6.30. The lowest BCUT2D eigenvalue weighted by molar-refractivity contribution is -0.136. The van der Waals surface area contributed by atoms with Gasteiger partial charge in [0.25, 0.3) is 0 Å². The Balaban J connectivity index is 1.87. The van der Waals surface area contributed by atoms with Crippen LogP contribution in [0.2, 0.25) is 5.02 Å². The Morgan fingerprint density at radius 3 is 2.52 bits per heavy atom. The van der Waals surface area contributed by atoms with Gasteiger partial charge in [0.2, 0.25) is 5.95 Å². The maximum Gasteiger partial charge on any atom is 0.418 e. The van der Waals surface area contributed by atoms with E-state index in [1.165, 1.54) is 25.4 Å². The number of benzene rings is 2. The van der Waals surface area contributed by atoms with Gasteiger partial charge in [-0.3, -0.25) is 0 Å². The third-order valence-electron chi connectivity index (χ3n) is 3.56. The lowest BCUT2D eigenvalue weighted by Gasteiger charge is -2.15. The molecule has 27 heavy (non-hydrogen) atoms. The van der Waals surface area contributed by atoms with Crippen molar-refractivity contribution in [1.29, 1.82) is 0 Å². The molecule has 0 atom stereocenters. The van der Waals surface area contributed by atoms with Crippen molar-refractivity contribution in [3.05, 3.63) is 65.3 Å². The van der Waals surface area contributed by atoms with Gasteiger partial charge in [-0.1, -0.05) is 23.7 Å². The zero-order chi connectivity index (χ0) is 19.4. The summed E-state index contributed by atoms with van der Waals surface area (Å²) >= 11 is 5.69. The molecule has 0 aliphatic rings. The smallest absolute Gasteiger partial charge is 0.418 e. The first kappa shape index (κ1) is 18.8. The molecule has 5 nitrogen and oxygen atoms in total. The number of nitrogens with zero attached hydrogens (tertiary/aromatic N) is 2. The van der Waals surface area contributed by atoms with Crippen LogP contribution in [0.15, 0.2) is 54.7 Å². The van der Waals surface area contributed by atoms with Crippen molar-refractivity contribution in [2.45, 2.75) is 6.18 Å². The Kier molecular flexibility index (Phi) is 5.36. The van der Waals surface area contributed by atoms with Crippen LogP contribution in [0, 0.1) is 0 Å². The van der Waals surface area contributed by atoms with E-state index >= 15 is 0 Å². The van der Waals surface area contributed by atoms with E-state index in [1.54, 1.807) is 18.2 Å². The highest BCUT2D eigenvalue weighted by Crippen LogP contribution is 2.37. The van der Waals surface area contributed by atoms with Crippen molar-refractivity contribution in [3.63, 3.8) is 0 Å². The van der Waals surface area contributed by atoms with Gasteiger partial charge in [0, 0.05) is 11.2 Å². The number of nitrogens with one attached hydrogen (secondary N) is 2. The number of aromatic nitrogens is 2. The van der Waals surface area contributed by atoms with Crippen molar-refractivity contribution >= 4 is 34.7 Å². The molecule has 1 heterocycles. The quantitative estimate of drug-likeness (QED) is 0.586. The Morgan fingerprint density at radius 2 is 1.78 bits per heavy atom. The second-order valence-electron chi connectivity index (χ2n) is 5.40. The fourth-order valence-corrected chi connectivity index (χ4v) is 2.53. The van der Waals surface area contributed by atoms with Gasteiger partial charge in [-0.05, 0) is 36.4 Å². The monoisotopic (exact) mass is 394 g/mol. The second-order valence-corrected chi connectivity index (χ2v) is 5.84. The van der Waals surface area contributed by atoms with E-state index in [-0.39, 0.29) is 16.7 Å². The predicted octanol–water partition coefficient (Wildman–Crippen LogP) is 5.64. The number of hydrogen-bond donors (Lipinski definition) is 2. The summed E-state index contributed by atoms with van der Waals surface area (Å²) < 4.78 is 44.9. The van der Waals surface area contributed by atoms with Crippen LogP contribution >= 0.6 is 11.6 Å². The van der Waals surface area contributed by atoms with Gasteiger partial charge in [0.15, 0.2) is 0 Å². The molecule has 2 N–H and O–H groups in total. The zero-order valence-electron chi connectivity index (χ0n) is 14.0. The number of hydrogen-bond acceptors (Lipinski definition) is 5. The van der Waals surface area contributed by atoms with Crippen LogP contribution < -0.4 is 15.4 Å². The number of methoxy groups -OCH3 is 1. The average molecular weight is 395 g/mol. The van der Waals surface area contributed by atoms with Crippen LogP contribution in [-0.4, -0.2) is 17.1 Å². The molecule has 0 bridgehead atoms. The molecule has 140 valence electrons. The maximum absolute atomic E-state index is 13.2. The van der Waals surface area contributed by atoms with Gasteiger partial charge in [-0.15, -0.1) is 0 Å². The zero-order valence-corrected chi connectivity index (χ0v) is 14.8. The number of halogens is 4. The van der Waals surface area contributed by atoms with E-state index < -0.39 is 11.7 Å². The van der Waals surface area contributed by atoms with Gasteiger partial charge in [-0.2, -0.15) is 18.2 Å². The van der Waals surface area contributed by atoms with Crippen LogP contribution in [-0.2, 0) is 6.18 Å². The first-order valence-corrected chi connectivity index (χ1v) is 8.11. The standard InChI is InChI=1S/C18H14ClF3N4O/c1-27-15-5-3-2-4-14(15)24-16-8-9-23-17(26-16)25-13-7-6-11(19)10-12(13)18(20,21)22/h2-10H,1H3,(H2,23,24,25,26). The molecule has 0 aliphatic heterocycles. The Labute approximate surface area is 158 Å². The normalized spacial score (nSPS) is 11.1. The third-order valence-corrected chi connectivity index (χ3v) is 3.79. The molecular formula is C18H14ClF3N4O. The minimum atomic E-state index is -4.57. The maximum atomic E-state index is 13.2. The summed E-state index contributed by atoms with van der Waals surface area (Å²) in [6.07, 6.45) is -3.14. The molecule has 0 saturated heterocycles. The minimum Gasteiger partial charge on any atom is -0.495 e. The van der Waals surface area contributed by atoms with Gasteiger partial charge < -0.3 is 15.4 Å². The van der Waals surface area contributed by atoms with E-state index in [2.05, 4.69) is 20.6 Å². The van der Waals surface area contributed by atoms with Crippen LogP contribution in [0.1, 0.15) is 5.56 Å². The van der Waals surface area contributed by atoms with Gasteiger partial charge in [0.1, 0.15) is 11.6 Å². The lowest BCUT2D eigenvalue weighted by Crippen LogP contribution is -2.10. The first-order chi connectivity index (χ1) is 12.9. The summed E-state index contributed by atoms with van der Waals surface area (Å²) in [5.74, 6) is 0.991. The average Bonchev–Trinajstić information content (AvgIpc) is 2.63. The molecule has 0 spiro atoms. The summed E-state index contributed by atoms with van der Waals surface area (Å²) in [5, 5.41) is 5.62. The van der Waals surface area contributed by atoms with Crippen LogP contribution in [0.25, 0.3) is 0 Å². The molecule has 3 aromatic rings. The molecule has 1 aromatic heterocycles. The summed E-state index contributed by atoms with van der Waals surface area (Å²) in [6.45, 7) is 0. The molecule has 9 heteroatoms. The number of para-hydroxylation sites is 2. The SMILES string of the molecule is COc1ccccc1Nc1ccnc(Nc2ccc(Cl)cc2C(F)(F)F)n1. The Hall–Kier alpha value is -3.00. The van der Waals surface area contributed by atoms with Crippen molar-refractivity contribution in [1.82, 2.24) is 9.97 Å². The largest absolute Gasteiger partial charge is 0.495 e. The highest BCUT2D eigenvalue weighted by Gasteiger charge is 2.34. The molecule has 3 rings (SSSR count). The number of anilines is 4. The molecule has 2 aromatic carbocycles. The minimum absolute atomic E-state index is 0.00252. The number of rotatable bonds is 5. The van der Waals surface area contributed by atoms with Gasteiger partial charge in [0.05, 0.1) is 24.0 Å². The molecule has 0 radical (unpaired) electrons. The Morgan fingerprint density at radius 1 is 1.00 bits per heavy atom. The van der Waals surface area contributed by atoms with Crippen LogP contribution in [0.3, 0.4) is 0 Å². The molecule has 0 amide bonds. The van der Waals surface area contributed by atoms with Crippen molar-refractivity contribution < 1.29 is 17.9 Å². The topological polar surface area (TPSA) is 59.1 Å². The summed E-state index contributed by atoms with van der Waals surface area (Å²) in [7, 11) is 1.53. The van der Waals surface area contributed by atoms with Crippen LogP contribution in [0.5, 0.6) is 5.75 Å². The van der Waals surface area contributed by atoms with Crippen molar-refractivity contribution in [3.8, 4) is 5.75 Å². The van der Waals surface area contributed by atoms with Gasteiger partial charge >= 0.3 is 6.18 Å². The van der Waals surface area contributed by atoms with E-state index in [9.17, 15) is 13.2 Å². The highest BCUT2D eigenvalue weighted by atomic mass is 35.5.